The fourth-order valence-electron chi connectivity index (χ4n) is 3.94. The van der Waals surface area contributed by atoms with Crippen molar-refractivity contribution in [2.45, 2.75) is 44.6 Å². The molecule has 2 heterocycles. The van der Waals surface area contributed by atoms with Crippen LogP contribution in [-0.4, -0.2) is 66.6 Å². The number of carbonyl (C=O) groups is 2. The molecule has 3 aromatic rings. The third-order valence-corrected chi connectivity index (χ3v) is 5.80. The molecule has 0 radical (unpaired) electrons. The Morgan fingerprint density at radius 2 is 1.68 bits per heavy atom. The van der Waals surface area contributed by atoms with E-state index >= 15 is 0 Å². The Kier molecular flexibility index (Phi) is 7.77. The van der Waals surface area contributed by atoms with Gasteiger partial charge in [-0.05, 0) is 29.8 Å². The molecule has 1 aliphatic rings. The van der Waals surface area contributed by atoms with Gasteiger partial charge in [0.2, 0.25) is 6.29 Å². The van der Waals surface area contributed by atoms with Crippen molar-refractivity contribution in [2.75, 3.05) is 13.7 Å². The number of hydrogen-bond acceptors (Lipinski definition) is 11. The summed E-state index contributed by atoms with van der Waals surface area (Å²) in [5, 5.41) is 21.2. The first-order valence-electron chi connectivity index (χ1n) is 11.4. The number of fused-ring (bicyclic) bond motifs is 1. The molecular weight excluding hydrogens is 488 g/mol. The maximum Gasteiger partial charge on any atom is 0.303 e. The highest BCUT2D eigenvalue weighted by Gasteiger charge is 2.48. The van der Waals surface area contributed by atoms with E-state index in [0.717, 1.165) is 6.92 Å². The maximum absolute atomic E-state index is 13.1. The Labute approximate surface area is 211 Å². The Bertz CT molecular complexity index is 1330. The summed E-state index contributed by atoms with van der Waals surface area (Å²) in [6.45, 7) is 1.96. The van der Waals surface area contributed by atoms with Crippen LogP contribution in [0.4, 0.5) is 0 Å². The molecule has 1 saturated heterocycles. The van der Waals surface area contributed by atoms with Gasteiger partial charge in [-0.1, -0.05) is 12.1 Å². The molecule has 2 aromatic carbocycles. The molecule has 196 valence electrons. The van der Waals surface area contributed by atoms with Crippen LogP contribution in [0.5, 0.6) is 11.5 Å². The van der Waals surface area contributed by atoms with Gasteiger partial charge < -0.3 is 38.3 Å². The summed E-state index contributed by atoms with van der Waals surface area (Å²) in [6.07, 6.45) is -5.68. The molecule has 1 aromatic heterocycles. The second-order valence-corrected chi connectivity index (χ2v) is 8.38. The minimum atomic E-state index is -1.59. The Morgan fingerprint density at radius 1 is 0.973 bits per heavy atom. The summed E-state index contributed by atoms with van der Waals surface area (Å²) in [4.78, 5) is 35.9. The van der Waals surface area contributed by atoms with Gasteiger partial charge >= 0.3 is 11.9 Å². The summed E-state index contributed by atoms with van der Waals surface area (Å²) >= 11 is 0. The van der Waals surface area contributed by atoms with Crippen LogP contribution >= 0.6 is 0 Å². The Balaban J connectivity index is 1.61. The van der Waals surface area contributed by atoms with Crippen molar-refractivity contribution in [3.05, 3.63) is 59.0 Å². The molecule has 0 spiro atoms. The van der Waals surface area contributed by atoms with E-state index in [9.17, 15) is 24.6 Å². The molecule has 0 amide bonds. The largest absolute Gasteiger partial charge is 0.497 e. The zero-order valence-corrected chi connectivity index (χ0v) is 20.3. The van der Waals surface area contributed by atoms with Crippen LogP contribution in [0.3, 0.4) is 0 Å². The maximum atomic E-state index is 13.1. The normalized spacial score (nSPS) is 23.3. The molecular formula is C26H26O11. The lowest BCUT2D eigenvalue weighted by Crippen LogP contribution is -2.61. The van der Waals surface area contributed by atoms with Gasteiger partial charge in [-0.3, -0.25) is 14.4 Å². The second-order valence-electron chi connectivity index (χ2n) is 8.38. The van der Waals surface area contributed by atoms with Gasteiger partial charge in [0.05, 0.1) is 18.1 Å². The Morgan fingerprint density at radius 3 is 2.32 bits per heavy atom. The van der Waals surface area contributed by atoms with E-state index in [1.54, 1.807) is 31.4 Å². The van der Waals surface area contributed by atoms with E-state index in [2.05, 4.69) is 0 Å². The van der Waals surface area contributed by atoms with E-state index in [1.165, 1.54) is 31.4 Å². The molecule has 11 nitrogen and oxygen atoms in total. The van der Waals surface area contributed by atoms with Crippen molar-refractivity contribution in [3.8, 4) is 22.6 Å². The first-order chi connectivity index (χ1) is 17.7. The molecule has 37 heavy (non-hydrogen) atoms. The molecule has 4 rings (SSSR count). The molecule has 0 saturated carbocycles. The highest BCUT2D eigenvalue weighted by atomic mass is 16.7. The minimum absolute atomic E-state index is 0.171. The minimum Gasteiger partial charge on any atom is -0.497 e. The first-order valence-corrected chi connectivity index (χ1v) is 11.4. The van der Waals surface area contributed by atoms with Crippen LogP contribution in [0.15, 0.2) is 57.9 Å². The Hall–Kier alpha value is -3.93. The van der Waals surface area contributed by atoms with Crippen molar-refractivity contribution in [1.82, 2.24) is 0 Å². The first kappa shape index (κ1) is 26.1. The summed E-state index contributed by atoms with van der Waals surface area (Å²) < 4.78 is 32.4. The van der Waals surface area contributed by atoms with Crippen molar-refractivity contribution in [1.29, 1.82) is 0 Å². The third-order valence-electron chi connectivity index (χ3n) is 5.80. The molecule has 0 unspecified atom stereocenters. The topological polar surface area (TPSA) is 151 Å². The standard InChI is InChI=1S/C26H26O11/c1-13(27)33-12-21-23(30)24(31)25(35-14(2)28)26(37-21)36-17-8-9-18-20(10-17)34-11-19(22(18)29)15-4-6-16(32-3)7-5-15/h4-11,21,23-26,30-31H,12H2,1-3H3/t21-,23+,24-,25-,26+/m0/s1. The lowest BCUT2D eigenvalue weighted by molar-refractivity contribution is -0.282. The quantitative estimate of drug-likeness (QED) is 0.444. The number of hydrogen-bond donors (Lipinski definition) is 2. The number of rotatable bonds is 7. The number of benzene rings is 2. The number of carbonyl (C=O) groups excluding carboxylic acids is 2. The van der Waals surface area contributed by atoms with Crippen LogP contribution in [0, 0.1) is 0 Å². The number of aliphatic hydroxyl groups excluding tert-OH is 2. The van der Waals surface area contributed by atoms with Gasteiger partial charge in [0.1, 0.15) is 48.3 Å². The number of ether oxygens (including phenoxy) is 5. The molecule has 0 aliphatic carbocycles. The lowest BCUT2D eigenvalue weighted by atomic mass is 9.99. The van der Waals surface area contributed by atoms with Gasteiger partial charge in [0.25, 0.3) is 0 Å². The average Bonchev–Trinajstić information content (AvgIpc) is 2.87. The summed E-state index contributed by atoms with van der Waals surface area (Å²) in [7, 11) is 1.55. The highest BCUT2D eigenvalue weighted by molar-refractivity contribution is 5.82. The fraction of sp³-hybridized carbons (Fsp3) is 0.346. The number of esters is 2. The zero-order chi connectivity index (χ0) is 26.7. The molecule has 2 N–H and O–H groups in total. The van der Waals surface area contributed by atoms with Crippen molar-refractivity contribution in [3.63, 3.8) is 0 Å². The second kappa shape index (κ2) is 11.0. The van der Waals surface area contributed by atoms with Crippen LogP contribution < -0.4 is 14.9 Å². The monoisotopic (exact) mass is 514 g/mol. The fourth-order valence-corrected chi connectivity index (χ4v) is 3.94. The number of methoxy groups -OCH3 is 1. The van der Waals surface area contributed by atoms with E-state index < -0.39 is 42.6 Å². The van der Waals surface area contributed by atoms with E-state index in [4.69, 9.17) is 28.1 Å². The van der Waals surface area contributed by atoms with Gasteiger partial charge in [-0.25, -0.2) is 0 Å². The third kappa shape index (κ3) is 5.74. The van der Waals surface area contributed by atoms with E-state index in [0.29, 0.717) is 22.3 Å². The van der Waals surface area contributed by atoms with Crippen LogP contribution in [0.25, 0.3) is 22.1 Å². The van der Waals surface area contributed by atoms with Crippen molar-refractivity contribution < 1.29 is 47.9 Å². The predicted molar refractivity (Wildman–Crippen MR) is 128 cm³/mol. The summed E-state index contributed by atoms with van der Waals surface area (Å²) in [5.41, 5.74) is 0.976. The van der Waals surface area contributed by atoms with Gasteiger partial charge in [0.15, 0.2) is 11.5 Å². The molecule has 11 heteroatoms. The molecule has 1 fully saturated rings. The van der Waals surface area contributed by atoms with E-state index in [-0.39, 0.29) is 23.4 Å². The summed E-state index contributed by atoms with van der Waals surface area (Å²) in [5.74, 6) is -0.517. The van der Waals surface area contributed by atoms with Crippen LogP contribution in [0.1, 0.15) is 13.8 Å². The zero-order valence-electron chi connectivity index (χ0n) is 20.3. The smallest absolute Gasteiger partial charge is 0.303 e. The van der Waals surface area contributed by atoms with Crippen molar-refractivity contribution in [2.24, 2.45) is 0 Å². The molecule has 1 aliphatic heterocycles. The molecule has 0 bridgehead atoms. The van der Waals surface area contributed by atoms with Gasteiger partial charge in [0, 0.05) is 19.9 Å². The molecule has 5 atom stereocenters. The average molecular weight is 514 g/mol. The van der Waals surface area contributed by atoms with E-state index in [1.807, 2.05) is 0 Å². The van der Waals surface area contributed by atoms with Crippen molar-refractivity contribution >= 4 is 22.9 Å². The SMILES string of the molecule is COc1ccc(-c2coc3cc(O[C@@H]4O[C@@H](COC(C)=O)[C@@H](O)[C@H](O)[C@@H]4OC(C)=O)ccc3c2=O)cc1. The van der Waals surface area contributed by atoms with Gasteiger partial charge in [-0.2, -0.15) is 0 Å². The predicted octanol–water partition coefficient (Wildman–Crippen LogP) is 1.79. The van der Waals surface area contributed by atoms with Gasteiger partial charge in [-0.15, -0.1) is 0 Å². The van der Waals surface area contributed by atoms with Crippen LogP contribution in [0.2, 0.25) is 0 Å². The lowest BCUT2D eigenvalue weighted by Gasteiger charge is -2.41. The highest BCUT2D eigenvalue weighted by Crippen LogP contribution is 2.29. The van der Waals surface area contributed by atoms with Crippen LogP contribution in [-0.2, 0) is 23.8 Å². The summed E-state index contributed by atoms with van der Waals surface area (Å²) in [6, 6.07) is 11.4. The number of aliphatic hydroxyl groups is 2.